The van der Waals surface area contributed by atoms with Crippen molar-refractivity contribution in [3.63, 3.8) is 0 Å². The fourth-order valence-corrected chi connectivity index (χ4v) is 3.31. The minimum Gasteiger partial charge on any atom is -0.454 e. The molecule has 118 valence electrons. The lowest BCUT2D eigenvalue weighted by Crippen LogP contribution is -2.29. The zero-order chi connectivity index (χ0) is 15.6. The molecule has 23 heavy (non-hydrogen) atoms. The van der Waals surface area contributed by atoms with Gasteiger partial charge in [-0.15, -0.1) is 0 Å². The predicted molar refractivity (Wildman–Crippen MR) is 86.6 cm³/mol. The summed E-state index contributed by atoms with van der Waals surface area (Å²) in [5.74, 6) is 2.21. The largest absolute Gasteiger partial charge is 0.454 e. The summed E-state index contributed by atoms with van der Waals surface area (Å²) in [6.07, 6.45) is 1.48. The maximum Gasteiger partial charge on any atom is 0.231 e. The molecule has 2 aliphatic heterocycles. The van der Waals surface area contributed by atoms with E-state index in [9.17, 15) is 4.79 Å². The maximum absolute atomic E-state index is 12.5. The third kappa shape index (κ3) is 2.89. The molecule has 1 amide bonds. The van der Waals surface area contributed by atoms with E-state index in [1.165, 1.54) is 5.56 Å². The fraction of sp³-hybridized carbons (Fsp3) is 0.316. The molecule has 0 bridgehead atoms. The fourth-order valence-electron chi connectivity index (χ4n) is 3.31. The lowest BCUT2D eigenvalue weighted by Gasteiger charge is -2.17. The maximum atomic E-state index is 12.5. The number of fused-ring (bicyclic) bond motifs is 1. The van der Waals surface area contributed by atoms with Gasteiger partial charge in [-0.25, -0.2) is 0 Å². The van der Waals surface area contributed by atoms with Gasteiger partial charge in [0.15, 0.2) is 11.5 Å². The van der Waals surface area contributed by atoms with Crippen LogP contribution in [0.15, 0.2) is 48.5 Å². The summed E-state index contributed by atoms with van der Waals surface area (Å²) in [4.78, 5) is 14.4. The Morgan fingerprint density at radius 3 is 2.78 bits per heavy atom. The summed E-state index contributed by atoms with van der Waals surface area (Å²) in [6, 6.07) is 16.0. The van der Waals surface area contributed by atoms with Crippen molar-refractivity contribution in [2.75, 3.05) is 19.9 Å². The van der Waals surface area contributed by atoms with Gasteiger partial charge in [-0.2, -0.15) is 0 Å². The number of nitrogens with zero attached hydrogens (tertiary/aromatic N) is 1. The SMILES string of the molecule is O=C(Cc1ccccc1)N1CC[C@@H](c2ccc3c(c2)OCO3)C1. The summed E-state index contributed by atoms with van der Waals surface area (Å²) < 4.78 is 10.8. The zero-order valence-electron chi connectivity index (χ0n) is 12.9. The van der Waals surface area contributed by atoms with E-state index >= 15 is 0 Å². The molecule has 4 nitrogen and oxygen atoms in total. The molecule has 4 rings (SSSR count). The van der Waals surface area contributed by atoms with E-state index in [0.717, 1.165) is 36.6 Å². The van der Waals surface area contributed by atoms with Crippen LogP contribution in [0.25, 0.3) is 0 Å². The number of carbonyl (C=O) groups is 1. The third-order valence-corrected chi connectivity index (χ3v) is 4.61. The van der Waals surface area contributed by atoms with E-state index in [2.05, 4.69) is 12.1 Å². The average molecular weight is 309 g/mol. The van der Waals surface area contributed by atoms with Crippen LogP contribution in [0.1, 0.15) is 23.5 Å². The molecule has 0 N–H and O–H groups in total. The van der Waals surface area contributed by atoms with Crippen LogP contribution in [-0.4, -0.2) is 30.7 Å². The standard InChI is InChI=1S/C19H19NO3/c21-19(10-14-4-2-1-3-5-14)20-9-8-16(12-20)15-6-7-17-18(11-15)23-13-22-17/h1-7,11,16H,8-10,12-13H2/t16-/m1/s1. The van der Waals surface area contributed by atoms with Crippen LogP contribution in [0, 0.1) is 0 Å². The van der Waals surface area contributed by atoms with E-state index in [0.29, 0.717) is 19.1 Å². The molecule has 2 heterocycles. The van der Waals surface area contributed by atoms with Crippen molar-refractivity contribution < 1.29 is 14.3 Å². The molecule has 1 atom stereocenters. The van der Waals surface area contributed by atoms with Gasteiger partial charge in [-0.1, -0.05) is 36.4 Å². The van der Waals surface area contributed by atoms with Crippen LogP contribution in [0.2, 0.25) is 0 Å². The summed E-state index contributed by atoms with van der Waals surface area (Å²) in [6.45, 7) is 1.90. The summed E-state index contributed by atoms with van der Waals surface area (Å²) >= 11 is 0. The highest BCUT2D eigenvalue weighted by Gasteiger charge is 2.28. The van der Waals surface area contributed by atoms with Crippen molar-refractivity contribution in [1.29, 1.82) is 0 Å². The van der Waals surface area contributed by atoms with E-state index in [1.54, 1.807) is 0 Å². The Hall–Kier alpha value is -2.49. The van der Waals surface area contributed by atoms with Crippen LogP contribution < -0.4 is 9.47 Å². The van der Waals surface area contributed by atoms with Crippen LogP contribution in [-0.2, 0) is 11.2 Å². The Bertz CT molecular complexity index is 714. The highest BCUT2D eigenvalue weighted by molar-refractivity contribution is 5.79. The highest BCUT2D eigenvalue weighted by Crippen LogP contribution is 2.37. The van der Waals surface area contributed by atoms with Gasteiger partial charge >= 0.3 is 0 Å². The zero-order valence-corrected chi connectivity index (χ0v) is 12.9. The smallest absolute Gasteiger partial charge is 0.231 e. The Balaban J connectivity index is 1.42. The molecular formula is C19H19NO3. The number of carbonyl (C=O) groups excluding carboxylic acids is 1. The van der Waals surface area contributed by atoms with Crippen molar-refractivity contribution in [2.24, 2.45) is 0 Å². The number of ether oxygens (including phenoxy) is 2. The molecule has 0 spiro atoms. The summed E-state index contributed by atoms with van der Waals surface area (Å²) in [7, 11) is 0. The lowest BCUT2D eigenvalue weighted by molar-refractivity contribution is -0.129. The molecule has 0 aliphatic carbocycles. The predicted octanol–water partition coefficient (Wildman–Crippen LogP) is 2.97. The molecule has 2 aromatic rings. The highest BCUT2D eigenvalue weighted by atomic mass is 16.7. The van der Waals surface area contributed by atoms with E-state index in [-0.39, 0.29) is 5.91 Å². The minimum absolute atomic E-state index is 0.208. The van der Waals surface area contributed by atoms with Gasteiger partial charge in [-0.05, 0) is 29.7 Å². The first kappa shape index (κ1) is 14.1. The monoisotopic (exact) mass is 309 g/mol. The third-order valence-electron chi connectivity index (χ3n) is 4.61. The Morgan fingerprint density at radius 1 is 1.09 bits per heavy atom. The minimum atomic E-state index is 0.208. The topological polar surface area (TPSA) is 38.8 Å². The van der Waals surface area contributed by atoms with Crippen LogP contribution in [0.5, 0.6) is 11.5 Å². The van der Waals surface area contributed by atoms with Crippen LogP contribution in [0.3, 0.4) is 0 Å². The van der Waals surface area contributed by atoms with Gasteiger partial charge < -0.3 is 14.4 Å². The quantitative estimate of drug-likeness (QED) is 0.875. The van der Waals surface area contributed by atoms with Gasteiger partial charge in [0.2, 0.25) is 12.7 Å². The Kier molecular flexibility index (Phi) is 3.66. The second kappa shape index (κ2) is 5.95. The molecule has 1 fully saturated rings. The van der Waals surface area contributed by atoms with Crippen molar-refractivity contribution in [3.05, 3.63) is 59.7 Å². The van der Waals surface area contributed by atoms with Crippen molar-refractivity contribution in [1.82, 2.24) is 4.90 Å². The first-order valence-electron chi connectivity index (χ1n) is 8.01. The molecular weight excluding hydrogens is 290 g/mol. The molecule has 4 heteroatoms. The summed E-state index contributed by atoms with van der Waals surface area (Å²) in [5, 5.41) is 0. The van der Waals surface area contributed by atoms with E-state index < -0.39 is 0 Å². The first-order chi connectivity index (χ1) is 11.3. The number of amides is 1. The molecule has 1 saturated heterocycles. The molecule has 2 aliphatic rings. The molecule has 0 unspecified atom stereocenters. The molecule has 0 aromatic heterocycles. The number of likely N-dealkylation sites (tertiary alicyclic amines) is 1. The number of hydrogen-bond donors (Lipinski definition) is 0. The number of benzene rings is 2. The second-order valence-electron chi connectivity index (χ2n) is 6.10. The van der Waals surface area contributed by atoms with Crippen LogP contribution >= 0.6 is 0 Å². The van der Waals surface area contributed by atoms with Crippen molar-refractivity contribution in [3.8, 4) is 11.5 Å². The van der Waals surface area contributed by atoms with E-state index in [1.807, 2.05) is 41.3 Å². The number of rotatable bonds is 3. The van der Waals surface area contributed by atoms with Crippen molar-refractivity contribution in [2.45, 2.75) is 18.8 Å². The molecule has 0 radical (unpaired) electrons. The van der Waals surface area contributed by atoms with Crippen molar-refractivity contribution >= 4 is 5.91 Å². The van der Waals surface area contributed by atoms with E-state index in [4.69, 9.17) is 9.47 Å². The first-order valence-corrected chi connectivity index (χ1v) is 8.01. The Morgan fingerprint density at radius 2 is 1.91 bits per heavy atom. The lowest BCUT2D eigenvalue weighted by atomic mass is 9.98. The van der Waals surface area contributed by atoms with Gasteiger partial charge in [0, 0.05) is 19.0 Å². The molecule has 2 aromatic carbocycles. The van der Waals surface area contributed by atoms with Gasteiger partial charge in [-0.3, -0.25) is 4.79 Å². The van der Waals surface area contributed by atoms with Gasteiger partial charge in [0.25, 0.3) is 0 Å². The van der Waals surface area contributed by atoms with Gasteiger partial charge in [0.05, 0.1) is 6.42 Å². The second-order valence-corrected chi connectivity index (χ2v) is 6.10. The average Bonchev–Trinajstić information content (AvgIpc) is 3.24. The number of hydrogen-bond acceptors (Lipinski definition) is 3. The Labute approximate surface area is 135 Å². The van der Waals surface area contributed by atoms with Gasteiger partial charge in [0.1, 0.15) is 0 Å². The molecule has 0 saturated carbocycles. The van der Waals surface area contributed by atoms with Crippen LogP contribution in [0.4, 0.5) is 0 Å². The normalized spacial score (nSPS) is 19.1. The summed E-state index contributed by atoms with van der Waals surface area (Å²) in [5.41, 5.74) is 2.30.